The van der Waals surface area contributed by atoms with Crippen molar-refractivity contribution in [1.82, 2.24) is 4.98 Å². The normalized spacial score (nSPS) is 10.5. The number of amides is 1. The van der Waals surface area contributed by atoms with E-state index in [9.17, 15) is 9.18 Å². The number of nitrogens with one attached hydrogen (secondary N) is 1. The van der Waals surface area contributed by atoms with E-state index in [4.69, 9.17) is 4.42 Å². The summed E-state index contributed by atoms with van der Waals surface area (Å²) in [5.41, 5.74) is 2.51. The van der Waals surface area contributed by atoms with Crippen molar-refractivity contribution < 1.29 is 13.6 Å². The Bertz CT molecular complexity index is 810. The monoisotopic (exact) mass is 296 g/mol. The molecule has 0 aliphatic rings. The molecular weight excluding hydrogens is 283 g/mol. The second-order valence-electron chi connectivity index (χ2n) is 4.86. The van der Waals surface area contributed by atoms with E-state index in [2.05, 4.69) is 10.3 Å². The molecule has 1 amide bonds. The first-order valence-electron chi connectivity index (χ1n) is 6.71. The highest BCUT2D eigenvalue weighted by atomic mass is 19.1. The fourth-order valence-electron chi connectivity index (χ4n) is 2.12. The third-order valence-corrected chi connectivity index (χ3v) is 3.16. The number of carbonyl (C=O) groups is 1. The summed E-state index contributed by atoms with van der Waals surface area (Å²) in [5.74, 6) is -0.361. The second kappa shape index (κ2) is 5.81. The van der Waals surface area contributed by atoms with Crippen LogP contribution >= 0.6 is 0 Å². The van der Waals surface area contributed by atoms with Crippen LogP contribution in [0.15, 0.2) is 59.3 Å². The Morgan fingerprint density at radius 2 is 1.95 bits per heavy atom. The quantitative estimate of drug-likeness (QED) is 0.793. The van der Waals surface area contributed by atoms with Crippen LogP contribution in [0.5, 0.6) is 0 Å². The lowest BCUT2D eigenvalue weighted by Gasteiger charge is -2.05. The maximum absolute atomic E-state index is 12.9. The summed E-state index contributed by atoms with van der Waals surface area (Å²) in [4.78, 5) is 16.3. The number of carbonyl (C=O) groups excluding carboxylic acids is 1. The largest absolute Gasteiger partial charge is 0.443 e. The molecular formula is C17H13FN2O2. The highest BCUT2D eigenvalue weighted by Crippen LogP contribution is 2.24. The average molecular weight is 296 g/mol. The number of anilines is 1. The first-order chi connectivity index (χ1) is 10.6. The van der Waals surface area contributed by atoms with Gasteiger partial charge in [-0.15, -0.1) is 0 Å². The van der Waals surface area contributed by atoms with Crippen molar-refractivity contribution >= 4 is 11.6 Å². The molecule has 4 nitrogen and oxygen atoms in total. The zero-order valence-electron chi connectivity index (χ0n) is 11.8. The van der Waals surface area contributed by atoms with Crippen molar-refractivity contribution in [3.05, 3.63) is 72.0 Å². The van der Waals surface area contributed by atoms with Gasteiger partial charge in [0.25, 0.3) is 5.91 Å². The average Bonchev–Trinajstić information content (AvgIpc) is 2.99. The Hall–Kier alpha value is -2.95. The van der Waals surface area contributed by atoms with Crippen LogP contribution in [0.1, 0.15) is 16.1 Å². The number of benzene rings is 2. The maximum Gasteiger partial charge on any atom is 0.278 e. The van der Waals surface area contributed by atoms with Crippen molar-refractivity contribution in [3.63, 3.8) is 0 Å². The van der Waals surface area contributed by atoms with Crippen molar-refractivity contribution in [3.8, 4) is 11.3 Å². The van der Waals surface area contributed by atoms with E-state index in [0.717, 1.165) is 11.1 Å². The summed E-state index contributed by atoms with van der Waals surface area (Å²) >= 11 is 0. The van der Waals surface area contributed by atoms with Gasteiger partial charge in [0.2, 0.25) is 0 Å². The van der Waals surface area contributed by atoms with Gasteiger partial charge in [-0.05, 0) is 37.3 Å². The SMILES string of the molecule is Cc1cccc(-c2ocnc2C(=O)Nc2ccc(F)cc2)c1. The first kappa shape index (κ1) is 14.0. The van der Waals surface area contributed by atoms with Gasteiger partial charge in [-0.3, -0.25) is 4.79 Å². The Kier molecular flexibility index (Phi) is 3.70. The smallest absolute Gasteiger partial charge is 0.278 e. The van der Waals surface area contributed by atoms with Gasteiger partial charge >= 0.3 is 0 Å². The molecule has 1 aromatic heterocycles. The van der Waals surface area contributed by atoms with E-state index in [1.807, 2.05) is 31.2 Å². The van der Waals surface area contributed by atoms with Crippen LogP contribution in [0.4, 0.5) is 10.1 Å². The highest BCUT2D eigenvalue weighted by molar-refractivity contribution is 6.06. The number of aromatic nitrogens is 1. The molecule has 0 fully saturated rings. The van der Waals surface area contributed by atoms with E-state index in [1.165, 1.54) is 30.7 Å². The van der Waals surface area contributed by atoms with Gasteiger partial charge in [0.15, 0.2) is 17.8 Å². The third kappa shape index (κ3) is 2.88. The molecule has 5 heteroatoms. The second-order valence-corrected chi connectivity index (χ2v) is 4.86. The summed E-state index contributed by atoms with van der Waals surface area (Å²) in [6.45, 7) is 1.96. The van der Waals surface area contributed by atoms with Crippen molar-refractivity contribution in [1.29, 1.82) is 0 Å². The van der Waals surface area contributed by atoms with Crippen LogP contribution in [0.25, 0.3) is 11.3 Å². The van der Waals surface area contributed by atoms with Gasteiger partial charge in [0, 0.05) is 11.3 Å². The molecule has 0 bridgehead atoms. The van der Waals surface area contributed by atoms with Crippen LogP contribution in [0.2, 0.25) is 0 Å². The van der Waals surface area contributed by atoms with E-state index in [0.29, 0.717) is 11.4 Å². The van der Waals surface area contributed by atoms with Gasteiger partial charge in [-0.25, -0.2) is 9.37 Å². The first-order valence-corrected chi connectivity index (χ1v) is 6.71. The lowest BCUT2D eigenvalue weighted by atomic mass is 10.1. The number of aryl methyl sites for hydroxylation is 1. The van der Waals surface area contributed by atoms with Crippen LogP contribution in [0.3, 0.4) is 0 Å². The third-order valence-electron chi connectivity index (χ3n) is 3.16. The molecule has 0 unspecified atom stereocenters. The molecule has 1 heterocycles. The predicted molar refractivity (Wildman–Crippen MR) is 81.0 cm³/mol. The Balaban J connectivity index is 1.88. The van der Waals surface area contributed by atoms with Crippen molar-refractivity contribution in [2.24, 2.45) is 0 Å². The molecule has 0 saturated heterocycles. The number of hydrogen-bond acceptors (Lipinski definition) is 3. The molecule has 0 saturated carbocycles. The summed E-state index contributed by atoms with van der Waals surface area (Å²) in [5, 5.41) is 2.67. The fourth-order valence-corrected chi connectivity index (χ4v) is 2.12. The zero-order chi connectivity index (χ0) is 15.5. The van der Waals surface area contributed by atoms with Gasteiger partial charge in [-0.1, -0.05) is 23.8 Å². The molecule has 2 aromatic carbocycles. The lowest BCUT2D eigenvalue weighted by molar-refractivity contribution is 0.102. The molecule has 0 aliphatic carbocycles. The Morgan fingerprint density at radius 3 is 2.68 bits per heavy atom. The van der Waals surface area contributed by atoms with E-state index < -0.39 is 5.91 Å². The Morgan fingerprint density at radius 1 is 1.18 bits per heavy atom. The molecule has 0 aliphatic heterocycles. The van der Waals surface area contributed by atoms with Crippen molar-refractivity contribution in [2.75, 3.05) is 5.32 Å². The summed E-state index contributed by atoms with van der Waals surface area (Å²) in [7, 11) is 0. The van der Waals surface area contributed by atoms with E-state index in [1.54, 1.807) is 0 Å². The minimum absolute atomic E-state index is 0.190. The zero-order valence-corrected chi connectivity index (χ0v) is 11.8. The van der Waals surface area contributed by atoms with Gasteiger partial charge < -0.3 is 9.73 Å². The molecule has 0 atom stereocenters. The molecule has 0 spiro atoms. The molecule has 1 N–H and O–H groups in total. The highest BCUT2D eigenvalue weighted by Gasteiger charge is 2.18. The van der Waals surface area contributed by atoms with Gasteiger partial charge in [0.05, 0.1) is 0 Å². The maximum atomic E-state index is 12.9. The number of hydrogen-bond donors (Lipinski definition) is 1. The molecule has 22 heavy (non-hydrogen) atoms. The predicted octanol–water partition coefficient (Wildman–Crippen LogP) is 4.04. The van der Waals surface area contributed by atoms with Crippen LogP contribution in [-0.4, -0.2) is 10.9 Å². The van der Waals surface area contributed by atoms with Crippen LogP contribution in [-0.2, 0) is 0 Å². The number of oxazole rings is 1. The van der Waals surface area contributed by atoms with E-state index >= 15 is 0 Å². The molecule has 0 radical (unpaired) electrons. The minimum atomic E-state index is -0.406. The van der Waals surface area contributed by atoms with Gasteiger partial charge in [0.1, 0.15) is 5.82 Å². The molecule has 110 valence electrons. The fraction of sp³-hybridized carbons (Fsp3) is 0.0588. The minimum Gasteiger partial charge on any atom is -0.443 e. The van der Waals surface area contributed by atoms with Crippen molar-refractivity contribution in [2.45, 2.75) is 6.92 Å². The number of nitrogens with zero attached hydrogens (tertiary/aromatic N) is 1. The lowest BCUT2D eigenvalue weighted by Crippen LogP contribution is -2.13. The van der Waals surface area contributed by atoms with Gasteiger partial charge in [-0.2, -0.15) is 0 Å². The van der Waals surface area contributed by atoms with Crippen LogP contribution in [0, 0.1) is 12.7 Å². The summed E-state index contributed by atoms with van der Waals surface area (Å²) in [6.07, 6.45) is 1.23. The number of halogens is 1. The summed E-state index contributed by atoms with van der Waals surface area (Å²) in [6, 6.07) is 13.1. The topological polar surface area (TPSA) is 55.1 Å². The standard InChI is InChI=1S/C17H13FN2O2/c1-11-3-2-4-12(9-11)16-15(19-10-22-16)17(21)20-14-7-5-13(18)6-8-14/h2-10H,1H3,(H,20,21). The van der Waals surface area contributed by atoms with E-state index in [-0.39, 0.29) is 11.5 Å². The molecule has 3 aromatic rings. The molecule has 3 rings (SSSR count). The van der Waals surface area contributed by atoms with Crippen LogP contribution < -0.4 is 5.32 Å². The summed E-state index contributed by atoms with van der Waals surface area (Å²) < 4.78 is 18.2. The number of rotatable bonds is 3. The Labute approximate surface area is 126 Å².